The Morgan fingerprint density at radius 3 is 1.88 bits per heavy atom. The Morgan fingerprint density at radius 2 is 1.02 bits per heavy atom. The molecule has 0 aliphatic carbocycles. The predicted octanol–water partition coefficient (Wildman–Crippen LogP) is 12.1. The van der Waals surface area contributed by atoms with Crippen molar-refractivity contribution < 1.29 is 4.42 Å². The summed E-state index contributed by atoms with van der Waals surface area (Å²) in [4.78, 5) is 15.9. The number of hydrogen-bond donors (Lipinski definition) is 0. The summed E-state index contributed by atoms with van der Waals surface area (Å²) < 4.78 is 6.84. The molecule has 1 aliphatic rings. The third-order valence-corrected chi connectivity index (χ3v) is 15.1. The van der Waals surface area contributed by atoms with E-state index in [2.05, 4.69) is 177 Å². The van der Waals surface area contributed by atoms with Crippen molar-refractivity contribution in [1.82, 2.24) is 15.0 Å². The molecule has 1 aliphatic heterocycles. The fourth-order valence-corrected chi connectivity index (χ4v) is 11.8. The molecule has 3 heterocycles. The van der Waals surface area contributed by atoms with Gasteiger partial charge in [-0.1, -0.05) is 171 Å². The molecule has 10 aromatic rings. The number of rotatable bonds is 5. The van der Waals surface area contributed by atoms with Gasteiger partial charge in [0.15, 0.2) is 17.5 Å². The fraction of sp³-hybridized carbons (Fsp3) is 0.0392. The molecule has 0 atom stereocenters. The van der Waals surface area contributed by atoms with E-state index in [1.165, 1.54) is 37.8 Å². The summed E-state index contributed by atoms with van der Waals surface area (Å²) in [5.41, 5.74) is 11.7. The summed E-state index contributed by atoms with van der Waals surface area (Å²) in [5.74, 6) is 1.89. The monoisotopic (exact) mass is 733 g/mol. The van der Waals surface area contributed by atoms with E-state index in [9.17, 15) is 0 Å². The average molecular weight is 734 g/mol. The summed E-state index contributed by atoms with van der Waals surface area (Å²) in [6, 6.07) is 62.2. The van der Waals surface area contributed by atoms with Crippen LogP contribution in [-0.4, -0.2) is 23.0 Å². The molecular weight excluding hydrogens is 699 g/mol. The van der Waals surface area contributed by atoms with Crippen LogP contribution < -0.4 is 10.4 Å². The third kappa shape index (κ3) is 5.09. The van der Waals surface area contributed by atoms with Gasteiger partial charge in [-0.25, -0.2) is 15.0 Å². The van der Waals surface area contributed by atoms with E-state index in [-0.39, 0.29) is 0 Å². The number of furan rings is 1. The predicted molar refractivity (Wildman–Crippen MR) is 234 cm³/mol. The first-order chi connectivity index (χ1) is 27.5. The van der Waals surface area contributed by atoms with Crippen LogP contribution in [0.2, 0.25) is 13.1 Å². The maximum absolute atomic E-state index is 6.84. The van der Waals surface area contributed by atoms with Gasteiger partial charge in [0.05, 0.1) is 0 Å². The van der Waals surface area contributed by atoms with Crippen molar-refractivity contribution in [3.05, 3.63) is 176 Å². The zero-order valence-corrected chi connectivity index (χ0v) is 32.0. The molecule has 0 spiro atoms. The topological polar surface area (TPSA) is 51.8 Å². The molecule has 0 unspecified atom stereocenters. The first kappa shape index (κ1) is 32.5. The molecule has 0 fully saturated rings. The zero-order valence-electron chi connectivity index (χ0n) is 31.0. The van der Waals surface area contributed by atoms with Crippen LogP contribution in [0.3, 0.4) is 0 Å². The second-order valence-electron chi connectivity index (χ2n) is 15.2. The molecule has 11 rings (SSSR count). The lowest BCUT2D eigenvalue weighted by atomic mass is 9.97. The van der Waals surface area contributed by atoms with Crippen LogP contribution in [0.5, 0.6) is 0 Å². The van der Waals surface area contributed by atoms with Crippen molar-refractivity contribution in [3.63, 3.8) is 0 Å². The zero-order chi connectivity index (χ0) is 37.4. The molecule has 264 valence electrons. The number of para-hydroxylation sites is 1. The molecule has 0 amide bonds. The van der Waals surface area contributed by atoms with Gasteiger partial charge in [0.2, 0.25) is 0 Å². The molecule has 0 bridgehead atoms. The number of benzene rings is 8. The number of hydrogen-bond acceptors (Lipinski definition) is 4. The number of fused-ring (bicyclic) bond motifs is 8. The lowest BCUT2D eigenvalue weighted by molar-refractivity contribution is 0.670. The summed E-state index contributed by atoms with van der Waals surface area (Å²) in [6.07, 6.45) is 0. The van der Waals surface area contributed by atoms with Gasteiger partial charge in [-0.05, 0) is 67.2 Å². The van der Waals surface area contributed by atoms with Crippen LogP contribution in [0.25, 0.3) is 100 Å². The van der Waals surface area contributed by atoms with Crippen LogP contribution in [0.15, 0.2) is 180 Å². The standard InChI is InChI=1S/C51H35N3OSi/c1-56(2)44-25-11-9-22-41(44)47-45(56)31-42(46-40-21-8-10-24-43(40)55-48(46)47)51-53-49(52-50(54-51)37-19-12-18-36(30-37)32-14-4-3-5-15-32)35-28-26-34(27-29-35)39-23-13-17-33-16-6-7-20-38(33)39/h3-31H,1-2H3. The van der Waals surface area contributed by atoms with Gasteiger partial charge in [0.1, 0.15) is 19.2 Å². The second kappa shape index (κ2) is 12.6. The molecule has 8 aromatic carbocycles. The van der Waals surface area contributed by atoms with Crippen molar-refractivity contribution in [2.75, 3.05) is 0 Å². The first-order valence-corrected chi connectivity index (χ1v) is 22.1. The van der Waals surface area contributed by atoms with E-state index in [4.69, 9.17) is 19.4 Å². The molecular formula is C51H35N3OSi. The van der Waals surface area contributed by atoms with Gasteiger partial charge in [-0.15, -0.1) is 0 Å². The van der Waals surface area contributed by atoms with E-state index < -0.39 is 8.07 Å². The Labute approximate surface area is 325 Å². The van der Waals surface area contributed by atoms with E-state index in [1.54, 1.807) is 0 Å². The van der Waals surface area contributed by atoms with Gasteiger partial charge in [-0.3, -0.25) is 0 Å². The normalized spacial score (nSPS) is 13.0. The highest BCUT2D eigenvalue weighted by molar-refractivity contribution is 7.04. The fourth-order valence-electron chi connectivity index (χ4n) is 8.73. The minimum atomic E-state index is -2.10. The molecule has 0 saturated heterocycles. The Morgan fingerprint density at radius 1 is 0.411 bits per heavy atom. The van der Waals surface area contributed by atoms with Gasteiger partial charge < -0.3 is 4.42 Å². The maximum Gasteiger partial charge on any atom is 0.164 e. The van der Waals surface area contributed by atoms with Gasteiger partial charge in [-0.2, -0.15) is 0 Å². The lowest BCUT2D eigenvalue weighted by Gasteiger charge is -2.19. The highest BCUT2D eigenvalue weighted by Crippen LogP contribution is 2.44. The average Bonchev–Trinajstić information content (AvgIpc) is 3.76. The van der Waals surface area contributed by atoms with Crippen LogP contribution >= 0.6 is 0 Å². The van der Waals surface area contributed by atoms with Crippen molar-refractivity contribution in [1.29, 1.82) is 0 Å². The molecule has 0 saturated carbocycles. The van der Waals surface area contributed by atoms with E-state index in [0.717, 1.165) is 55.3 Å². The van der Waals surface area contributed by atoms with E-state index >= 15 is 0 Å². The highest BCUT2D eigenvalue weighted by Gasteiger charge is 2.40. The van der Waals surface area contributed by atoms with Gasteiger partial charge >= 0.3 is 0 Å². The van der Waals surface area contributed by atoms with E-state index in [1.807, 2.05) is 12.1 Å². The maximum atomic E-state index is 6.84. The molecule has 0 N–H and O–H groups in total. The third-order valence-electron chi connectivity index (χ3n) is 11.5. The Hall–Kier alpha value is -6.95. The van der Waals surface area contributed by atoms with Crippen LogP contribution in [0, 0.1) is 0 Å². The second-order valence-corrected chi connectivity index (χ2v) is 19.5. The van der Waals surface area contributed by atoms with Crippen LogP contribution in [0.1, 0.15) is 0 Å². The van der Waals surface area contributed by atoms with Crippen molar-refractivity contribution in [2.24, 2.45) is 0 Å². The van der Waals surface area contributed by atoms with Crippen LogP contribution in [-0.2, 0) is 0 Å². The van der Waals surface area contributed by atoms with Crippen molar-refractivity contribution in [3.8, 4) is 67.5 Å². The molecule has 4 nitrogen and oxygen atoms in total. The quantitative estimate of drug-likeness (QED) is 0.165. The van der Waals surface area contributed by atoms with Gasteiger partial charge in [0.25, 0.3) is 0 Å². The minimum Gasteiger partial charge on any atom is -0.455 e. The largest absolute Gasteiger partial charge is 0.455 e. The van der Waals surface area contributed by atoms with Crippen molar-refractivity contribution in [2.45, 2.75) is 13.1 Å². The summed E-state index contributed by atoms with van der Waals surface area (Å²) in [5, 5.41) is 7.31. The SMILES string of the molecule is C[Si]1(C)c2ccccc2-c2c1cc(-c1nc(-c3ccc(-c4cccc5ccccc45)cc3)nc(-c3cccc(-c4ccccc4)c3)n1)c1c2oc2ccccc21. The Bertz CT molecular complexity index is 3160. The molecule has 2 aromatic heterocycles. The molecule has 5 heteroatoms. The summed E-state index contributed by atoms with van der Waals surface area (Å²) in [6.45, 7) is 4.87. The number of nitrogens with zero attached hydrogens (tertiary/aromatic N) is 3. The lowest BCUT2D eigenvalue weighted by Crippen LogP contribution is -2.49. The molecule has 56 heavy (non-hydrogen) atoms. The summed E-state index contributed by atoms with van der Waals surface area (Å²) in [7, 11) is -2.10. The Balaban J connectivity index is 1.15. The first-order valence-electron chi connectivity index (χ1n) is 19.1. The highest BCUT2D eigenvalue weighted by atomic mass is 28.3. The molecule has 0 radical (unpaired) electrons. The van der Waals surface area contributed by atoms with Crippen molar-refractivity contribution >= 4 is 51.2 Å². The van der Waals surface area contributed by atoms with Crippen LogP contribution in [0.4, 0.5) is 0 Å². The van der Waals surface area contributed by atoms with Gasteiger partial charge in [0, 0.05) is 33.0 Å². The smallest absolute Gasteiger partial charge is 0.164 e. The summed E-state index contributed by atoms with van der Waals surface area (Å²) >= 11 is 0. The Kier molecular flexibility index (Phi) is 7.28. The number of aromatic nitrogens is 3. The van der Waals surface area contributed by atoms with E-state index in [0.29, 0.717) is 17.5 Å². The minimum absolute atomic E-state index is 0.626.